The largest absolute Gasteiger partial charge is 0.327 e. The average Bonchev–Trinajstić information content (AvgIpc) is 2.81. The van der Waals surface area contributed by atoms with E-state index in [1.165, 1.54) is 36.8 Å². The van der Waals surface area contributed by atoms with Crippen LogP contribution in [0.4, 0.5) is 0 Å². The van der Waals surface area contributed by atoms with Gasteiger partial charge in [-0.3, -0.25) is 0 Å². The zero-order valence-electron chi connectivity index (χ0n) is 13.9. The molecule has 0 aliphatic rings. The lowest BCUT2D eigenvalue weighted by Gasteiger charge is -2.11. The zero-order valence-corrected chi connectivity index (χ0v) is 13.9. The molecule has 21 heavy (non-hydrogen) atoms. The first kappa shape index (κ1) is 16.0. The van der Waals surface area contributed by atoms with E-state index >= 15 is 0 Å². The fraction of sp³-hybridized carbons (Fsp3) is 0.611. The van der Waals surface area contributed by atoms with Crippen LogP contribution < -0.4 is 5.73 Å². The van der Waals surface area contributed by atoms with Gasteiger partial charge >= 0.3 is 0 Å². The second-order valence-electron chi connectivity index (χ2n) is 6.37. The maximum atomic E-state index is 6.12. The third kappa shape index (κ3) is 3.65. The molecule has 0 radical (unpaired) electrons. The van der Waals surface area contributed by atoms with E-state index in [4.69, 9.17) is 10.7 Å². The summed E-state index contributed by atoms with van der Waals surface area (Å²) in [7, 11) is 0. The van der Waals surface area contributed by atoms with Gasteiger partial charge in [0, 0.05) is 6.54 Å². The standard InChI is InChI=1S/C18H29N3/c1-5-6-7-8-11-21-17-10-9-15(13(2)3)12-16(17)20-18(21)14(4)19/h9-10,12-14H,5-8,11,19H2,1-4H3. The molecule has 1 heterocycles. The quantitative estimate of drug-likeness (QED) is 0.746. The molecule has 3 nitrogen and oxygen atoms in total. The Morgan fingerprint density at radius 2 is 1.90 bits per heavy atom. The van der Waals surface area contributed by atoms with Crippen molar-refractivity contribution < 1.29 is 0 Å². The van der Waals surface area contributed by atoms with Crippen molar-refractivity contribution in [3.63, 3.8) is 0 Å². The summed E-state index contributed by atoms with van der Waals surface area (Å²) >= 11 is 0. The second-order valence-corrected chi connectivity index (χ2v) is 6.37. The van der Waals surface area contributed by atoms with Crippen molar-refractivity contribution in [2.24, 2.45) is 5.73 Å². The Morgan fingerprint density at radius 1 is 1.14 bits per heavy atom. The second kappa shape index (κ2) is 7.08. The number of aryl methyl sites for hydroxylation is 1. The molecule has 2 rings (SSSR count). The number of hydrogen-bond donors (Lipinski definition) is 1. The minimum Gasteiger partial charge on any atom is -0.327 e. The summed E-state index contributed by atoms with van der Waals surface area (Å²) in [4.78, 5) is 4.79. The number of fused-ring (bicyclic) bond motifs is 1. The van der Waals surface area contributed by atoms with E-state index < -0.39 is 0 Å². The van der Waals surface area contributed by atoms with E-state index in [2.05, 4.69) is 43.5 Å². The summed E-state index contributed by atoms with van der Waals surface area (Å²) in [5, 5.41) is 0. The molecule has 3 heteroatoms. The molecule has 0 saturated carbocycles. The highest BCUT2D eigenvalue weighted by atomic mass is 15.1. The third-order valence-electron chi connectivity index (χ3n) is 4.11. The summed E-state index contributed by atoms with van der Waals surface area (Å²) in [6.45, 7) is 9.72. The van der Waals surface area contributed by atoms with Crippen LogP contribution in [0.15, 0.2) is 18.2 Å². The molecule has 2 N–H and O–H groups in total. The minimum atomic E-state index is -0.0222. The molecule has 0 aliphatic carbocycles. The lowest BCUT2D eigenvalue weighted by molar-refractivity contribution is 0.558. The number of nitrogens with two attached hydrogens (primary N) is 1. The van der Waals surface area contributed by atoms with Gasteiger partial charge in [-0.15, -0.1) is 0 Å². The van der Waals surface area contributed by atoms with Gasteiger partial charge in [0.2, 0.25) is 0 Å². The molecule has 0 bridgehead atoms. The van der Waals surface area contributed by atoms with Gasteiger partial charge in [0.25, 0.3) is 0 Å². The van der Waals surface area contributed by atoms with Gasteiger partial charge in [-0.25, -0.2) is 4.98 Å². The van der Waals surface area contributed by atoms with E-state index in [9.17, 15) is 0 Å². The van der Waals surface area contributed by atoms with Crippen LogP contribution in [0.5, 0.6) is 0 Å². The van der Waals surface area contributed by atoms with Crippen molar-refractivity contribution in [2.75, 3.05) is 0 Å². The van der Waals surface area contributed by atoms with Crippen LogP contribution in [-0.4, -0.2) is 9.55 Å². The first-order chi connectivity index (χ1) is 10.0. The predicted octanol–water partition coefficient (Wildman–Crippen LogP) is 4.76. The summed E-state index contributed by atoms with van der Waals surface area (Å²) in [5.41, 5.74) is 9.78. The number of aromatic nitrogens is 2. The molecule has 0 amide bonds. The van der Waals surface area contributed by atoms with Crippen LogP contribution in [-0.2, 0) is 6.54 Å². The van der Waals surface area contributed by atoms with Gasteiger partial charge in [0.1, 0.15) is 5.82 Å². The van der Waals surface area contributed by atoms with Crippen molar-refractivity contribution >= 4 is 11.0 Å². The highest BCUT2D eigenvalue weighted by molar-refractivity contribution is 5.77. The van der Waals surface area contributed by atoms with E-state index in [0.717, 1.165) is 17.9 Å². The number of unbranched alkanes of at least 4 members (excludes halogenated alkanes) is 3. The Hall–Kier alpha value is -1.35. The Balaban J connectivity index is 2.33. The molecule has 0 aliphatic heterocycles. The minimum absolute atomic E-state index is 0.0222. The molecular formula is C18H29N3. The zero-order chi connectivity index (χ0) is 15.4. The third-order valence-corrected chi connectivity index (χ3v) is 4.11. The van der Waals surface area contributed by atoms with Crippen molar-refractivity contribution in [3.05, 3.63) is 29.6 Å². The molecule has 1 aromatic carbocycles. The topological polar surface area (TPSA) is 43.8 Å². The predicted molar refractivity (Wildman–Crippen MR) is 90.6 cm³/mol. The SMILES string of the molecule is CCCCCCn1c(C(C)N)nc2cc(C(C)C)ccc21. The summed E-state index contributed by atoms with van der Waals surface area (Å²) in [6, 6.07) is 6.63. The highest BCUT2D eigenvalue weighted by Gasteiger charge is 2.14. The van der Waals surface area contributed by atoms with E-state index in [1.807, 2.05) is 6.92 Å². The van der Waals surface area contributed by atoms with E-state index in [-0.39, 0.29) is 6.04 Å². The number of imidazole rings is 1. The number of benzene rings is 1. The fourth-order valence-electron chi connectivity index (χ4n) is 2.80. The van der Waals surface area contributed by atoms with Gasteiger partial charge in [-0.2, -0.15) is 0 Å². The Bertz CT molecular complexity index is 581. The van der Waals surface area contributed by atoms with Crippen LogP contribution in [0, 0.1) is 0 Å². The maximum absolute atomic E-state index is 6.12. The van der Waals surface area contributed by atoms with Crippen LogP contribution >= 0.6 is 0 Å². The lowest BCUT2D eigenvalue weighted by Crippen LogP contribution is -2.13. The van der Waals surface area contributed by atoms with Gasteiger partial charge in [-0.1, -0.05) is 46.1 Å². The fourth-order valence-corrected chi connectivity index (χ4v) is 2.80. The normalized spacial score (nSPS) is 13.2. The Morgan fingerprint density at radius 3 is 2.52 bits per heavy atom. The highest BCUT2D eigenvalue weighted by Crippen LogP contribution is 2.24. The van der Waals surface area contributed by atoms with Gasteiger partial charge in [0.05, 0.1) is 17.1 Å². The molecule has 0 fully saturated rings. The molecule has 1 aromatic heterocycles. The van der Waals surface area contributed by atoms with Gasteiger partial charge < -0.3 is 10.3 Å². The first-order valence-corrected chi connectivity index (χ1v) is 8.30. The number of rotatable bonds is 7. The summed E-state index contributed by atoms with van der Waals surface area (Å²) in [6.07, 6.45) is 5.05. The number of hydrogen-bond acceptors (Lipinski definition) is 2. The molecular weight excluding hydrogens is 258 g/mol. The first-order valence-electron chi connectivity index (χ1n) is 8.30. The molecule has 1 unspecified atom stereocenters. The molecule has 1 atom stereocenters. The monoisotopic (exact) mass is 287 g/mol. The van der Waals surface area contributed by atoms with E-state index in [1.54, 1.807) is 0 Å². The average molecular weight is 287 g/mol. The van der Waals surface area contributed by atoms with Crippen LogP contribution in [0.1, 0.15) is 76.7 Å². The number of nitrogens with zero attached hydrogens (tertiary/aromatic N) is 2. The molecule has 0 spiro atoms. The van der Waals surface area contributed by atoms with Crippen molar-refractivity contribution in [1.82, 2.24) is 9.55 Å². The Labute approximate surface area is 128 Å². The van der Waals surface area contributed by atoms with Gasteiger partial charge in [-0.05, 0) is 37.0 Å². The van der Waals surface area contributed by atoms with Gasteiger partial charge in [0.15, 0.2) is 0 Å². The van der Waals surface area contributed by atoms with Crippen LogP contribution in [0.25, 0.3) is 11.0 Å². The lowest BCUT2D eigenvalue weighted by atomic mass is 10.0. The molecule has 116 valence electrons. The summed E-state index contributed by atoms with van der Waals surface area (Å²) in [5.74, 6) is 1.55. The smallest absolute Gasteiger partial charge is 0.126 e. The van der Waals surface area contributed by atoms with Crippen LogP contribution in [0.2, 0.25) is 0 Å². The maximum Gasteiger partial charge on any atom is 0.126 e. The van der Waals surface area contributed by atoms with E-state index in [0.29, 0.717) is 5.92 Å². The van der Waals surface area contributed by atoms with Crippen molar-refractivity contribution in [1.29, 1.82) is 0 Å². The molecule has 2 aromatic rings. The summed E-state index contributed by atoms with van der Waals surface area (Å²) < 4.78 is 2.32. The van der Waals surface area contributed by atoms with Crippen molar-refractivity contribution in [2.45, 2.75) is 71.9 Å². The van der Waals surface area contributed by atoms with Crippen molar-refractivity contribution in [3.8, 4) is 0 Å². The Kier molecular flexibility index (Phi) is 5.40. The van der Waals surface area contributed by atoms with Crippen LogP contribution in [0.3, 0.4) is 0 Å². The molecule has 0 saturated heterocycles.